The fourth-order valence-electron chi connectivity index (χ4n) is 3.92. The Balaban J connectivity index is 1.43. The van der Waals surface area contributed by atoms with Crippen LogP contribution in [0.5, 0.6) is 0 Å². The van der Waals surface area contributed by atoms with E-state index >= 15 is 0 Å². The van der Waals surface area contributed by atoms with Gasteiger partial charge < -0.3 is 15.0 Å². The summed E-state index contributed by atoms with van der Waals surface area (Å²) in [6.07, 6.45) is 10.9. The average molecular weight is 348 g/mol. The molecule has 1 aromatic rings. The van der Waals surface area contributed by atoms with E-state index in [1.807, 2.05) is 7.05 Å². The summed E-state index contributed by atoms with van der Waals surface area (Å²) in [5.41, 5.74) is 1.09. The number of rotatable bonds is 6. The van der Waals surface area contributed by atoms with Gasteiger partial charge in [0, 0.05) is 40.1 Å². The van der Waals surface area contributed by atoms with Gasteiger partial charge in [-0.15, -0.1) is 0 Å². The van der Waals surface area contributed by atoms with E-state index in [0.717, 1.165) is 43.9 Å². The molecule has 0 bridgehead atoms. The quantitative estimate of drug-likeness (QED) is 0.635. The van der Waals surface area contributed by atoms with Crippen LogP contribution >= 0.6 is 0 Å². The fraction of sp³-hybridized carbons (Fsp3) is 0.789. The molecular formula is C19H33N5O. The Morgan fingerprint density at radius 1 is 1.32 bits per heavy atom. The number of ether oxygens (including phenoxy) is 1. The van der Waals surface area contributed by atoms with Crippen molar-refractivity contribution >= 4 is 5.96 Å². The zero-order valence-electron chi connectivity index (χ0n) is 15.8. The Labute approximate surface area is 151 Å². The molecule has 6 heteroatoms. The van der Waals surface area contributed by atoms with Crippen LogP contribution in [0.15, 0.2) is 17.3 Å². The van der Waals surface area contributed by atoms with E-state index in [2.05, 4.69) is 39.2 Å². The molecule has 1 aromatic heterocycles. The van der Waals surface area contributed by atoms with E-state index in [9.17, 15) is 0 Å². The molecule has 2 aliphatic rings. The van der Waals surface area contributed by atoms with Gasteiger partial charge in [-0.3, -0.25) is 9.67 Å². The molecule has 140 valence electrons. The monoisotopic (exact) mass is 347 g/mol. The van der Waals surface area contributed by atoms with E-state index in [1.165, 1.54) is 44.9 Å². The third kappa shape index (κ3) is 5.21. The molecule has 2 heterocycles. The summed E-state index contributed by atoms with van der Waals surface area (Å²) in [6, 6.07) is 2.73. The molecule has 1 aliphatic heterocycles. The van der Waals surface area contributed by atoms with Crippen LogP contribution in [0.25, 0.3) is 0 Å². The highest BCUT2D eigenvalue weighted by molar-refractivity contribution is 5.79. The molecule has 0 radical (unpaired) electrons. The van der Waals surface area contributed by atoms with Crippen LogP contribution in [0, 0.1) is 5.92 Å². The largest absolute Gasteiger partial charge is 0.381 e. The molecule has 2 fully saturated rings. The first-order chi connectivity index (χ1) is 12.3. The topological polar surface area (TPSA) is 54.7 Å². The van der Waals surface area contributed by atoms with Gasteiger partial charge in [0.2, 0.25) is 0 Å². The second kappa shape index (κ2) is 9.22. The van der Waals surface area contributed by atoms with Crippen LogP contribution in [-0.2, 0) is 11.3 Å². The predicted molar refractivity (Wildman–Crippen MR) is 101 cm³/mol. The van der Waals surface area contributed by atoms with Gasteiger partial charge in [-0.25, -0.2) is 0 Å². The van der Waals surface area contributed by atoms with Gasteiger partial charge in [0.15, 0.2) is 5.96 Å². The molecule has 1 aliphatic carbocycles. The number of guanidine groups is 1. The maximum Gasteiger partial charge on any atom is 0.193 e. The lowest BCUT2D eigenvalue weighted by Crippen LogP contribution is -2.39. The van der Waals surface area contributed by atoms with E-state index in [-0.39, 0.29) is 0 Å². The smallest absolute Gasteiger partial charge is 0.193 e. The Morgan fingerprint density at radius 2 is 2.08 bits per heavy atom. The normalized spacial score (nSPS) is 20.2. The van der Waals surface area contributed by atoms with E-state index in [4.69, 9.17) is 9.84 Å². The lowest BCUT2D eigenvalue weighted by atomic mass is 9.96. The van der Waals surface area contributed by atoms with Crippen molar-refractivity contribution in [1.82, 2.24) is 20.0 Å². The minimum Gasteiger partial charge on any atom is -0.381 e. The number of aromatic nitrogens is 2. The maximum absolute atomic E-state index is 5.44. The van der Waals surface area contributed by atoms with Crippen molar-refractivity contribution in [3.05, 3.63) is 18.0 Å². The lowest BCUT2D eigenvalue weighted by molar-refractivity contribution is 0.0625. The summed E-state index contributed by atoms with van der Waals surface area (Å²) in [6.45, 7) is 3.60. The van der Waals surface area contributed by atoms with Gasteiger partial charge >= 0.3 is 0 Å². The maximum atomic E-state index is 5.44. The van der Waals surface area contributed by atoms with Crippen molar-refractivity contribution in [2.75, 3.05) is 33.9 Å². The first-order valence-corrected chi connectivity index (χ1v) is 9.80. The molecule has 1 saturated heterocycles. The Hall–Kier alpha value is -1.56. The lowest BCUT2D eigenvalue weighted by Gasteiger charge is -2.26. The van der Waals surface area contributed by atoms with Gasteiger partial charge in [0.25, 0.3) is 0 Å². The van der Waals surface area contributed by atoms with Crippen LogP contribution in [0.3, 0.4) is 0 Å². The number of nitrogens with one attached hydrogen (secondary N) is 1. The molecule has 0 amide bonds. The molecule has 0 atom stereocenters. The molecule has 6 nitrogen and oxygen atoms in total. The second-order valence-corrected chi connectivity index (χ2v) is 7.39. The van der Waals surface area contributed by atoms with Crippen molar-refractivity contribution in [2.24, 2.45) is 10.9 Å². The van der Waals surface area contributed by atoms with Crippen molar-refractivity contribution in [3.8, 4) is 0 Å². The van der Waals surface area contributed by atoms with E-state index in [0.29, 0.717) is 6.04 Å². The summed E-state index contributed by atoms with van der Waals surface area (Å²) < 4.78 is 7.60. The Morgan fingerprint density at radius 3 is 2.80 bits per heavy atom. The van der Waals surface area contributed by atoms with E-state index in [1.54, 1.807) is 0 Å². The van der Waals surface area contributed by atoms with Gasteiger partial charge in [0.1, 0.15) is 0 Å². The Bertz CT molecular complexity index is 544. The zero-order chi connectivity index (χ0) is 17.5. The van der Waals surface area contributed by atoms with Crippen molar-refractivity contribution in [2.45, 2.75) is 57.5 Å². The van der Waals surface area contributed by atoms with Crippen molar-refractivity contribution < 1.29 is 4.74 Å². The minimum atomic E-state index is 0.607. The fourth-order valence-corrected chi connectivity index (χ4v) is 3.92. The number of hydrogen-bond donors (Lipinski definition) is 1. The molecule has 0 spiro atoms. The highest BCUT2D eigenvalue weighted by atomic mass is 16.5. The molecule has 25 heavy (non-hydrogen) atoms. The molecule has 0 aromatic carbocycles. The van der Waals surface area contributed by atoms with E-state index < -0.39 is 0 Å². The minimum absolute atomic E-state index is 0.607. The first-order valence-electron chi connectivity index (χ1n) is 9.80. The standard InChI is InChI=1S/C19H33N5O/c1-20-19(23(2)11-7-16-9-13-25-14-10-16)21-15-17-8-12-24(22-17)18-5-3-4-6-18/h8,12,16,18H,3-7,9-11,13-15H2,1-2H3,(H,20,21). The SMILES string of the molecule is CN=C(NCc1ccn(C2CCCC2)n1)N(C)CCC1CCOCC1. The first kappa shape index (κ1) is 18.2. The van der Waals surface area contributed by atoms with Gasteiger partial charge in [-0.2, -0.15) is 5.10 Å². The van der Waals surface area contributed by atoms with Crippen molar-refractivity contribution in [3.63, 3.8) is 0 Å². The number of nitrogens with zero attached hydrogens (tertiary/aromatic N) is 4. The van der Waals surface area contributed by atoms with Crippen molar-refractivity contribution in [1.29, 1.82) is 0 Å². The highest BCUT2D eigenvalue weighted by Gasteiger charge is 2.18. The third-order valence-electron chi connectivity index (χ3n) is 5.58. The predicted octanol–water partition coefficient (Wildman–Crippen LogP) is 2.82. The zero-order valence-corrected chi connectivity index (χ0v) is 15.8. The third-order valence-corrected chi connectivity index (χ3v) is 5.58. The molecule has 1 N–H and O–H groups in total. The summed E-state index contributed by atoms with van der Waals surface area (Å²) >= 11 is 0. The van der Waals surface area contributed by atoms with Crippen LogP contribution in [0.4, 0.5) is 0 Å². The molecule has 3 rings (SSSR count). The average Bonchev–Trinajstić information content (AvgIpc) is 3.33. The summed E-state index contributed by atoms with van der Waals surface area (Å²) in [4.78, 5) is 6.65. The summed E-state index contributed by atoms with van der Waals surface area (Å²) in [5, 5.41) is 8.20. The van der Waals surface area contributed by atoms with Crippen LogP contribution < -0.4 is 5.32 Å². The number of aliphatic imine (C=N–C) groups is 1. The Kier molecular flexibility index (Phi) is 6.73. The summed E-state index contributed by atoms with van der Waals surface area (Å²) in [5.74, 6) is 1.74. The van der Waals surface area contributed by atoms with Gasteiger partial charge in [0.05, 0.1) is 18.3 Å². The molecule has 0 unspecified atom stereocenters. The summed E-state index contributed by atoms with van der Waals surface area (Å²) in [7, 11) is 3.97. The van der Waals surface area contributed by atoms with Gasteiger partial charge in [-0.1, -0.05) is 12.8 Å². The highest BCUT2D eigenvalue weighted by Crippen LogP contribution is 2.28. The van der Waals surface area contributed by atoms with Crippen LogP contribution in [0.2, 0.25) is 0 Å². The van der Waals surface area contributed by atoms with Gasteiger partial charge in [-0.05, 0) is 44.1 Å². The van der Waals surface area contributed by atoms with Crippen LogP contribution in [-0.4, -0.2) is 54.5 Å². The number of hydrogen-bond acceptors (Lipinski definition) is 3. The molecule has 1 saturated carbocycles. The van der Waals surface area contributed by atoms with Crippen LogP contribution in [0.1, 0.15) is 56.7 Å². The molecular weight excluding hydrogens is 314 g/mol. The second-order valence-electron chi connectivity index (χ2n) is 7.39.